The number of hydrogen-bond donors (Lipinski definition) is 0. The van der Waals surface area contributed by atoms with Crippen LogP contribution in [-0.4, -0.2) is 50.6 Å². The number of halogens is 1. The number of amides is 1. The molecule has 0 aliphatic carbocycles. The SMILES string of the molecule is COCCn1cnc2cc(C(=O)N3CCC[C@H]3c3ccnc(-c4cccc(Cl)c4)n3)ccc21. The number of ether oxygens (including phenoxy) is 1. The lowest BCUT2D eigenvalue weighted by atomic mass is 10.1. The molecule has 0 spiro atoms. The van der Waals surface area contributed by atoms with E-state index < -0.39 is 0 Å². The monoisotopic (exact) mass is 461 g/mol. The summed E-state index contributed by atoms with van der Waals surface area (Å²) in [5.41, 5.74) is 4.13. The number of fused-ring (bicyclic) bond motifs is 1. The maximum atomic E-state index is 13.5. The molecule has 8 heteroatoms. The lowest BCUT2D eigenvalue weighted by Crippen LogP contribution is -2.31. The summed E-state index contributed by atoms with van der Waals surface area (Å²) in [4.78, 5) is 29.0. The van der Waals surface area contributed by atoms with Gasteiger partial charge in [-0.05, 0) is 49.2 Å². The van der Waals surface area contributed by atoms with E-state index in [0.717, 1.165) is 41.7 Å². The summed E-state index contributed by atoms with van der Waals surface area (Å²) in [5, 5.41) is 0.638. The third-order valence-electron chi connectivity index (χ3n) is 6.02. The fraction of sp³-hybridized carbons (Fsp3) is 0.280. The zero-order valence-corrected chi connectivity index (χ0v) is 19.1. The van der Waals surface area contributed by atoms with Gasteiger partial charge < -0.3 is 14.2 Å². The molecule has 3 heterocycles. The summed E-state index contributed by atoms with van der Waals surface area (Å²) in [6.07, 6.45) is 5.33. The van der Waals surface area contributed by atoms with Gasteiger partial charge in [0.1, 0.15) is 0 Å². The van der Waals surface area contributed by atoms with Gasteiger partial charge in [-0.25, -0.2) is 15.0 Å². The highest BCUT2D eigenvalue weighted by atomic mass is 35.5. The van der Waals surface area contributed by atoms with Crippen LogP contribution in [-0.2, 0) is 11.3 Å². The Kier molecular flexibility index (Phi) is 6.07. The Labute approximate surface area is 197 Å². The number of methoxy groups -OCH3 is 1. The first-order valence-electron chi connectivity index (χ1n) is 11.0. The van der Waals surface area contributed by atoms with Crippen LogP contribution in [0.1, 0.15) is 34.9 Å². The second-order valence-corrected chi connectivity index (χ2v) is 8.54. The second-order valence-electron chi connectivity index (χ2n) is 8.11. The number of imidazole rings is 1. The molecule has 1 aliphatic heterocycles. The molecule has 33 heavy (non-hydrogen) atoms. The summed E-state index contributed by atoms with van der Waals surface area (Å²) < 4.78 is 7.20. The Morgan fingerprint density at radius 1 is 1.18 bits per heavy atom. The van der Waals surface area contributed by atoms with Gasteiger partial charge in [-0.2, -0.15) is 0 Å². The Morgan fingerprint density at radius 3 is 2.94 bits per heavy atom. The van der Waals surface area contributed by atoms with Gasteiger partial charge in [0.05, 0.1) is 35.7 Å². The van der Waals surface area contributed by atoms with Crippen LogP contribution in [0.25, 0.3) is 22.4 Å². The maximum absolute atomic E-state index is 13.5. The first-order valence-corrected chi connectivity index (χ1v) is 11.4. The van der Waals surface area contributed by atoms with E-state index in [4.69, 9.17) is 21.3 Å². The van der Waals surface area contributed by atoms with Gasteiger partial charge in [-0.15, -0.1) is 0 Å². The summed E-state index contributed by atoms with van der Waals surface area (Å²) in [5.74, 6) is 0.603. The molecule has 4 aromatic rings. The second kappa shape index (κ2) is 9.29. The van der Waals surface area contributed by atoms with E-state index in [2.05, 4.69) is 9.97 Å². The largest absolute Gasteiger partial charge is 0.383 e. The van der Waals surface area contributed by atoms with Gasteiger partial charge >= 0.3 is 0 Å². The van der Waals surface area contributed by atoms with Gasteiger partial charge in [-0.1, -0.05) is 23.7 Å². The highest BCUT2D eigenvalue weighted by Crippen LogP contribution is 2.33. The lowest BCUT2D eigenvalue weighted by molar-refractivity contribution is 0.0733. The number of hydrogen-bond acceptors (Lipinski definition) is 5. The molecule has 0 saturated carbocycles. The van der Waals surface area contributed by atoms with Crippen molar-refractivity contribution in [1.82, 2.24) is 24.4 Å². The number of aromatic nitrogens is 4. The van der Waals surface area contributed by atoms with Gasteiger partial charge in [0.15, 0.2) is 5.82 Å². The van der Waals surface area contributed by atoms with Crippen LogP contribution in [0.4, 0.5) is 0 Å². The molecule has 7 nitrogen and oxygen atoms in total. The van der Waals surface area contributed by atoms with Gasteiger partial charge in [0.25, 0.3) is 5.91 Å². The third kappa shape index (κ3) is 4.34. The first-order chi connectivity index (χ1) is 16.1. The summed E-state index contributed by atoms with van der Waals surface area (Å²) >= 11 is 6.14. The number of benzene rings is 2. The maximum Gasteiger partial charge on any atom is 0.254 e. The van der Waals surface area contributed by atoms with Crippen molar-refractivity contribution in [2.75, 3.05) is 20.3 Å². The van der Waals surface area contributed by atoms with Crippen molar-refractivity contribution >= 4 is 28.5 Å². The topological polar surface area (TPSA) is 73.1 Å². The smallest absolute Gasteiger partial charge is 0.254 e. The zero-order chi connectivity index (χ0) is 22.8. The normalized spacial score (nSPS) is 15.9. The minimum atomic E-state index is -0.0895. The summed E-state index contributed by atoms with van der Waals surface area (Å²) in [7, 11) is 1.68. The lowest BCUT2D eigenvalue weighted by Gasteiger charge is -2.24. The molecule has 168 valence electrons. The van der Waals surface area contributed by atoms with Crippen molar-refractivity contribution in [2.24, 2.45) is 0 Å². The van der Waals surface area contributed by atoms with E-state index in [1.807, 2.05) is 58.0 Å². The van der Waals surface area contributed by atoms with Crippen molar-refractivity contribution < 1.29 is 9.53 Å². The standard InChI is InChI=1S/C25H24ClN5O2/c1-33-13-12-30-16-28-21-15-18(7-8-22(21)30)25(32)31-11-3-6-23(31)20-9-10-27-24(29-20)17-4-2-5-19(26)14-17/h2,4-5,7-10,14-16,23H,3,6,11-13H2,1H3/t23-/m0/s1. The molecule has 1 saturated heterocycles. The van der Waals surface area contributed by atoms with E-state index >= 15 is 0 Å². The molecule has 2 aromatic heterocycles. The molecule has 1 fully saturated rings. The molecular weight excluding hydrogens is 438 g/mol. The van der Waals surface area contributed by atoms with E-state index in [1.54, 1.807) is 19.6 Å². The predicted octanol–water partition coefficient (Wildman–Crippen LogP) is 4.77. The molecule has 0 unspecified atom stereocenters. The van der Waals surface area contributed by atoms with Crippen LogP contribution in [0.5, 0.6) is 0 Å². The van der Waals surface area contributed by atoms with Crippen LogP contribution in [0, 0.1) is 0 Å². The average Bonchev–Trinajstić information content (AvgIpc) is 3.49. The fourth-order valence-electron chi connectivity index (χ4n) is 4.37. The zero-order valence-electron chi connectivity index (χ0n) is 18.3. The van der Waals surface area contributed by atoms with Crippen LogP contribution >= 0.6 is 11.6 Å². The molecule has 1 aliphatic rings. The molecule has 1 atom stereocenters. The molecule has 2 aromatic carbocycles. The highest BCUT2D eigenvalue weighted by Gasteiger charge is 2.32. The number of carbonyl (C=O) groups is 1. The number of carbonyl (C=O) groups excluding carboxylic acids is 1. The Balaban J connectivity index is 1.41. The first kappa shape index (κ1) is 21.6. The minimum Gasteiger partial charge on any atom is -0.383 e. The van der Waals surface area contributed by atoms with Crippen molar-refractivity contribution in [3.8, 4) is 11.4 Å². The van der Waals surface area contributed by atoms with Gasteiger partial charge in [0, 0.05) is 42.5 Å². The Bertz CT molecular complexity index is 1300. The molecular formula is C25H24ClN5O2. The molecule has 0 bridgehead atoms. The quantitative estimate of drug-likeness (QED) is 0.413. The highest BCUT2D eigenvalue weighted by molar-refractivity contribution is 6.30. The molecule has 0 N–H and O–H groups in total. The van der Waals surface area contributed by atoms with Crippen LogP contribution in [0.3, 0.4) is 0 Å². The van der Waals surface area contributed by atoms with E-state index in [-0.39, 0.29) is 11.9 Å². The average molecular weight is 462 g/mol. The molecule has 5 rings (SSSR count). The van der Waals surface area contributed by atoms with Crippen molar-refractivity contribution in [1.29, 1.82) is 0 Å². The third-order valence-corrected chi connectivity index (χ3v) is 6.25. The van der Waals surface area contributed by atoms with E-state index in [0.29, 0.717) is 29.6 Å². The minimum absolute atomic E-state index is 0.00578. The van der Waals surface area contributed by atoms with Crippen LogP contribution in [0.2, 0.25) is 5.02 Å². The van der Waals surface area contributed by atoms with Gasteiger partial charge in [-0.3, -0.25) is 4.79 Å². The van der Waals surface area contributed by atoms with Crippen LogP contribution in [0.15, 0.2) is 61.1 Å². The van der Waals surface area contributed by atoms with E-state index in [1.165, 1.54) is 0 Å². The Morgan fingerprint density at radius 2 is 2.09 bits per heavy atom. The summed E-state index contributed by atoms with van der Waals surface area (Å²) in [6, 6.07) is 15.0. The number of likely N-dealkylation sites (tertiary alicyclic amines) is 1. The fourth-order valence-corrected chi connectivity index (χ4v) is 4.56. The Hall–Kier alpha value is -3.29. The summed E-state index contributed by atoms with van der Waals surface area (Å²) in [6.45, 7) is 2.02. The molecule has 0 radical (unpaired) electrons. The van der Waals surface area contributed by atoms with Crippen molar-refractivity contribution in [3.05, 3.63) is 77.3 Å². The number of nitrogens with zero attached hydrogens (tertiary/aromatic N) is 5. The van der Waals surface area contributed by atoms with E-state index in [9.17, 15) is 4.79 Å². The van der Waals surface area contributed by atoms with Crippen LogP contribution < -0.4 is 0 Å². The van der Waals surface area contributed by atoms with Crippen molar-refractivity contribution in [2.45, 2.75) is 25.4 Å². The molecule has 1 amide bonds. The van der Waals surface area contributed by atoms with Gasteiger partial charge in [0.2, 0.25) is 0 Å². The predicted molar refractivity (Wildman–Crippen MR) is 127 cm³/mol. The van der Waals surface area contributed by atoms with Crippen molar-refractivity contribution in [3.63, 3.8) is 0 Å². The number of rotatable bonds is 6.